The van der Waals surface area contributed by atoms with Crippen molar-refractivity contribution in [2.45, 2.75) is 12.2 Å². The number of hydrazone groups is 1. The van der Waals surface area contributed by atoms with Crippen LogP contribution in [-0.2, 0) is 0 Å². The molecule has 1 unspecified atom stereocenters. The molecule has 3 aromatic rings. The fourth-order valence-electron chi connectivity index (χ4n) is 3.58. The summed E-state index contributed by atoms with van der Waals surface area (Å²) in [4.78, 5) is 2.03. The molecule has 0 bridgehead atoms. The van der Waals surface area contributed by atoms with E-state index in [0.717, 1.165) is 39.0 Å². The molecule has 2 aliphatic heterocycles. The first-order valence-corrected chi connectivity index (χ1v) is 13.0. The maximum Gasteiger partial charge on any atom is 0.181 e. The highest BCUT2D eigenvalue weighted by molar-refractivity contribution is 8.06. The zero-order valence-corrected chi connectivity index (χ0v) is 20.1. The van der Waals surface area contributed by atoms with E-state index in [-0.39, 0.29) is 0 Å². The third-order valence-electron chi connectivity index (χ3n) is 5.32. The normalized spacial score (nSPS) is 17.3. The molecule has 5 rings (SSSR count). The highest BCUT2D eigenvalue weighted by atomic mass is 32.2. The van der Waals surface area contributed by atoms with Crippen LogP contribution in [0.3, 0.4) is 0 Å². The lowest BCUT2D eigenvalue weighted by Crippen LogP contribution is -2.21. The second kappa shape index (κ2) is 10.3. The summed E-state index contributed by atoms with van der Waals surface area (Å²) in [6, 6.07) is 18.8. The van der Waals surface area contributed by atoms with E-state index in [1.54, 1.807) is 11.3 Å². The largest absolute Gasteiger partial charge is 0.485 e. The third kappa shape index (κ3) is 5.52. The Hall–Kier alpha value is -2.96. The summed E-state index contributed by atoms with van der Waals surface area (Å²) in [5, 5.41) is 7.59. The van der Waals surface area contributed by atoms with Crippen LogP contribution in [0.1, 0.15) is 27.8 Å². The van der Waals surface area contributed by atoms with Crippen molar-refractivity contribution in [2.24, 2.45) is 5.10 Å². The Bertz CT molecular complexity index is 1160. The average molecular weight is 475 g/mol. The van der Waals surface area contributed by atoms with Gasteiger partial charge in [0.15, 0.2) is 11.5 Å². The first kappa shape index (κ1) is 21.9. The van der Waals surface area contributed by atoms with Gasteiger partial charge in [0, 0.05) is 11.0 Å². The van der Waals surface area contributed by atoms with Crippen LogP contribution in [0.5, 0.6) is 11.5 Å². The molecule has 0 radical (unpaired) electrons. The molecule has 1 saturated heterocycles. The number of rotatable bonds is 8. The molecule has 4 nitrogen and oxygen atoms in total. The highest BCUT2D eigenvalue weighted by Gasteiger charge is 2.26. The maximum absolute atomic E-state index is 5.99. The molecular weight excluding hydrogens is 448 g/mol. The molecule has 168 valence electrons. The average Bonchev–Trinajstić information content (AvgIpc) is 3.62. The minimum Gasteiger partial charge on any atom is -0.485 e. The number of hydrogen-bond donors (Lipinski definition) is 0. The van der Waals surface area contributed by atoms with Gasteiger partial charge in [-0.05, 0) is 36.3 Å². The number of allylic oxidation sites excluding steroid dienone is 1. The zero-order chi connectivity index (χ0) is 22.5. The fourth-order valence-corrected chi connectivity index (χ4v) is 5.03. The molecule has 0 N–H and O–H groups in total. The number of anilines is 1. The van der Waals surface area contributed by atoms with E-state index in [0.29, 0.717) is 18.5 Å². The van der Waals surface area contributed by atoms with Gasteiger partial charge in [-0.25, -0.2) is 0 Å². The first-order chi connectivity index (χ1) is 16.3. The summed E-state index contributed by atoms with van der Waals surface area (Å²) in [5.74, 6) is 2.82. The van der Waals surface area contributed by atoms with Gasteiger partial charge in [-0.3, -0.25) is 5.01 Å². The number of hydrogen-bond acceptors (Lipinski definition) is 6. The lowest BCUT2D eigenvalue weighted by molar-refractivity contribution is 0.173. The van der Waals surface area contributed by atoms with Gasteiger partial charge in [-0.1, -0.05) is 60.7 Å². The van der Waals surface area contributed by atoms with Crippen LogP contribution in [-0.4, -0.2) is 37.0 Å². The van der Waals surface area contributed by atoms with Gasteiger partial charge >= 0.3 is 0 Å². The van der Waals surface area contributed by atoms with E-state index < -0.39 is 0 Å². The SMILES string of the molecule is C/C=C/c1ccc(/C=C/c2sc(/C=N/N(CC3CS3)c3ccccc3)c3c2OCCO3)cc1. The van der Waals surface area contributed by atoms with Crippen LogP contribution in [0.25, 0.3) is 18.2 Å². The topological polar surface area (TPSA) is 34.1 Å². The van der Waals surface area contributed by atoms with Crippen LogP contribution in [0, 0.1) is 0 Å². The molecule has 0 amide bonds. The molecule has 1 fully saturated rings. The number of para-hydroxylation sites is 1. The van der Waals surface area contributed by atoms with Crippen molar-refractivity contribution in [3.63, 3.8) is 0 Å². The Morgan fingerprint density at radius 2 is 1.58 bits per heavy atom. The molecule has 2 aliphatic rings. The Kier molecular flexibility index (Phi) is 6.84. The van der Waals surface area contributed by atoms with Crippen molar-refractivity contribution < 1.29 is 9.47 Å². The molecule has 0 aliphatic carbocycles. The summed E-state index contributed by atoms with van der Waals surface area (Å²) in [7, 11) is 0. The van der Waals surface area contributed by atoms with Gasteiger partial charge in [-0.2, -0.15) is 16.9 Å². The van der Waals surface area contributed by atoms with Crippen molar-refractivity contribution in [2.75, 3.05) is 30.5 Å². The monoisotopic (exact) mass is 474 g/mol. The lowest BCUT2D eigenvalue weighted by Gasteiger charge is -2.19. The highest BCUT2D eigenvalue weighted by Crippen LogP contribution is 2.44. The first-order valence-electron chi connectivity index (χ1n) is 11.1. The summed E-state index contributed by atoms with van der Waals surface area (Å²) in [5.41, 5.74) is 3.45. The summed E-state index contributed by atoms with van der Waals surface area (Å²) in [6.07, 6.45) is 10.3. The fraction of sp³-hybridized carbons (Fsp3) is 0.222. The minimum atomic E-state index is 0.557. The molecule has 33 heavy (non-hydrogen) atoms. The molecule has 2 aromatic carbocycles. The Labute approximate surface area is 203 Å². The smallest absolute Gasteiger partial charge is 0.181 e. The number of ether oxygens (including phenoxy) is 2. The van der Waals surface area contributed by atoms with Crippen molar-refractivity contribution in [1.82, 2.24) is 0 Å². The minimum absolute atomic E-state index is 0.557. The molecule has 1 aromatic heterocycles. The van der Waals surface area contributed by atoms with E-state index in [2.05, 4.69) is 71.8 Å². The Morgan fingerprint density at radius 3 is 2.24 bits per heavy atom. The van der Waals surface area contributed by atoms with E-state index in [4.69, 9.17) is 14.6 Å². The van der Waals surface area contributed by atoms with Crippen molar-refractivity contribution >= 4 is 53.2 Å². The van der Waals surface area contributed by atoms with Gasteiger partial charge < -0.3 is 9.47 Å². The Morgan fingerprint density at radius 1 is 0.909 bits per heavy atom. The van der Waals surface area contributed by atoms with E-state index >= 15 is 0 Å². The summed E-state index contributed by atoms with van der Waals surface area (Å²) < 4.78 is 12.0. The van der Waals surface area contributed by atoms with Gasteiger partial charge in [0.2, 0.25) is 0 Å². The second-order valence-electron chi connectivity index (χ2n) is 7.80. The van der Waals surface area contributed by atoms with Gasteiger partial charge in [0.05, 0.1) is 28.2 Å². The van der Waals surface area contributed by atoms with Crippen LogP contribution in [0.2, 0.25) is 0 Å². The molecule has 0 spiro atoms. The second-order valence-corrected chi connectivity index (χ2v) is 10.2. The lowest BCUT2D eigenvalue weighted by atomic mass is 10.1. The van der Waals surface area contributed by atoms with Crippen molar-refractivity contribution in [3.05, 3.63) is 81.6 Å². The molecule has 3 heterocycles. The Balaban J connectivity index is 1.40. The number of fused-ring (bicyclic) bond motifs is 1. The van der Waals surface area contributed by atoms with Gasteiger partial charge in [0.1, 0.15) is 13.2 Å². The van der Waals surface area contributed by atoms with Crippen molar-refractivity contribution in [1.29, 1.82) is 0 Å². The predicted octanol–water partition coefficient (Wildman–Crippen LogP) is 6.68. The standard InChI is InChI=1S/C27H26N2O2S2/c1-2-6-20-9-11-21(12-10-20)13-14-24-26-27(31-16-15-30-26)25(33-24)17-28-29(18-23-19-32-23)22-7-4-3-5-8-22/h2-14,17,23H,15-16,18-19H2,1H3/b6-2+,14-13+,28-17+. The van der Waals surface area contributed by atoms with Gasteiger partial charge in [0.25, 0.3) is 0 Å². The van der Waals surface area contributed by atoms with Crippen LogP contribution in [0.15, 0.2) is 65.8 Å². The summed E-state index contributed by atoms with van der Waals surface area (Å²) >= 11 is 3.63. The molecule has 1 atom stereocenters. The van der Waals surface area contributed by atoms with E-state index in [9.17, 15) is 0 Å². The molecular formula is C27H26N2O2S2. The quantitative estimate of drug-likeness (QED) is 0.207. The number of benzene rings is 2. The van der Waals surface area contributed by atoms with Crippen molar-refractivity contribution in [3.8, 4) is 11.5 Å². The number of thioether (sulfide) groups is 1. The summed E-state index contributed by atoms with van der Waals surface area (Å²) in [6.45, 7) is 4.06. The number of nitrogens with zero attached hydrogens (tertiary/aromatic N) is 2. The predicted molar refractivity (Wildman–Crippen MR) is 143 cm³/mol. The van der Waals surface area contributed by atoms with Gasteiger partial charge in [-0.15, -0.1) is 11.3 Å². The van der Waals surface area contributed by atoms with Crippen LogP contribution >= 0.6 is 23.1 Å². The third-order valence-corrected chi connectivity index (χ3v) is 7.33. The molecule has 6 heteroatoms. The molecule has 0 saturated carbocycles. The van der Waals surface area contributed by atoms with Crippen LogP contribution < -0.4 is 14.5 Å². The maximum atomic E-state index is 5.99. The number of thiophene rings is 1. The van der Waals surface area contributed by atoms with Crippen LogP contribution in [0.4, 0.5) is 5.69 Å². The zero-order valence-electron chi connectivity index (χ0n) is 18.5. The van der Waals surface area contributed by atoms with E-state index in [1.165, 1.54) is 11.3 Å². The van der Waals surface area contributed by atoms with E-state index in [1.807, 2.05) is 37.0 Å².